The Balaban J connectivity index is 2.38. The summed E-state index contributed by atoms with van der Waals surface area (Å²) in [5, 5.41) is 0. The van der Waals surface area contributed by atoms with E-state index in [-0.39, 0.29) is 0 Å². The van der Waals surface area contributed by atoms with Crippen LogP contribution in [0.4, 0.5) is 5.82 Å². The number of hydrogen-bond acceptors (Lipinski definition) is 4. The SMILES string of the molecule is CN(C)CCc1nc(N)c(Br)c(-c2ccccc2)n1. The Morgan fingerprint density at radius 1 is 1.16 bits per heavy atom. The molecular weight excluding hydrogens is 304 g/mol. The lowest BCUT2D eigenvalue weighted by Gasteiger charge is -2.11. The minimum absolute atomic E-state index is 0.489. The summed E-state index contributed by atoms with van der Waals surface area (Å²) in [6.45, 7) is 0.898. The standard InChI is InChI=1S/C14H17BrN4/c1-19(2)9-8-11-17-13(12(15)14(16)18-11)10-6-4-3-5-7-10/h3-7H,8-9H2,1-2H3,(H2,16,17,18). The summed E-state index contributed by atoms with van der Waals surface area (Å²) in [7, 11) is 4.06. The number of aromatic nitrogens is 2. The molecule has 19 heavy (non-hydrogen) atoms. The van der Waals surface area contributed by atoms with Crippen LogP contribution in [0.3, 0.4) is 0 Å². The van der Waals surface area contributed by atoms with Crippen molar-refractivity contribution in [2.24, 2.45) is 0 Å². The summed E-state index contributed by atoms with van der Waals surface area (Å²) in [5.41, 5.74) is 7.84. The number of nitrogen functional groups attached to an aromatic ring is 1. The van der Waals surface area contributed by atoms with Gasteiger partial charge in [0.2, 0.25) is 0 Å². The molecule has 0 aliphatic heterocycles. The van der Waals surface area contributed by atoms with Crippen LogP contribution in [0.25, 0.3) is 11.3 Å². The van der Waals surface area contributed by atoms with Gasteiger partial charge in [-0.2, -0.15) is 0 Å². The van der Waals surface area contributed by atoms with Gasteiger partial charge in [-0.25, -0.2) is 9.97 Å². The Bertz CT molecular complexity index is 555. The lowest BCUT2D eigenvalue weighted by Crippen LogP contribution is -2.17. The molecule has 2 N–H and O–H groups in total. The molecule has 1 aromatic carbocycles. The zero-order valence-corrected chi connectivity index (χ0v) is 12.7. The Morgan fingerprint density at radius 3 is 2.47 bits per heavy atom. The number of hydrogen-bond donors (Lipinski definition) is 1. The van der Waals surface area contributed by atoms with E-state index in [1.807, 2.05) is 44.4 Å². The molecule has 2 rings (SSSR count). The normalized spacial score (nSPS) is 10.9. The van der Waals surface area contributed by atoms with E-state index < -0.39 is 0 Å². The van der Waals surface area contributed by atoms with Gasteiger partial charge < -0.3 is 10.6 Å². The molecule has 0 saturated heterocycles. The van der Waals surface area contributed by atoms with Gasteiger partial charge >= 0.3 is 0 Å². The first-order valence-corrected chi connectivity index (χ1v) is 6.89. The second-order valence-corrected chi connectivity index (χ2v) is 5.40. The molecule has 5 heteroatoms. The first kappa shape index (κ1) is 14.0. The van der Waals surface area contributed by atoms with Crippen LogP contribution in [0.1, 0.15) is 5.82 Å². The minimum atomic E-state index is 0.489. The first-order chi connectivity index (χ1) is 9.08. The number of rotatable bonds is 4. The van der Waals surface area contributed by atoms with Gasteiger partial charge in [0.25, 0.3) is 0 Å². The largest absolute Gasteiger partial charge is 0.383 e. The highest BCUT2D eigenvalue weighted by Crippen LogP contribution is 2.29. The van der Waals surface area contributed by atoms with E-state index in [9.17, 15) is 0 Å². The predicted octanol–water partition coefficient (Wildman–Crippen LogP) is 2.59. The quantitative estimate of drug-likeness (QED) is 0.940. The third-order valence-electron chi connectivity index (χ3n) is 2.75. The maximum atomic E-state index is 5.95. The van der Waals surface area contributed by atoms with Crippen molar-refractivity contribution >= 4 is 21.7 Å². The predicted molar refractivity (Wildman–Crippen MR) is 81.8 cm³/mol. The summed E-state index contributed by atoms with van der Waals surface area (Å²) >= 11 is 3.47. The van der Waals surface area contributed by atoms with Gasteiger partial charge in [-0.3, -0.25) is 0 Å². The van der Waals surface area contributed by atoms with Crippen molar-refractivity contribution in [2.45, 2.75) is 6.42 Å². The van der Waals surface area contributed by atoms with E-state index >= 15 is 0 Å². The molecular formula is C14H17BrN4. The average molecular weight is 321 g/mol. The van der Waals surface area contributed by atoms with Crippen molar-refractivity contribution in [1.82, 2.24) is 14.9 Å². The van der Waals surface area contributed by atoms with Crippen LogP contribution in [-0.2, 0) is 6.42 Å². The monoisotopic (exact) mass is 320 g/mol. The topological polar surface area (TPSA) is 55.0 Å². The van der Waals surface area contributed by atoms with Gasteiger partial charge in [0.05, 0.1) is 10.2 Å². The molecule has 1 aromatic heterocycles. The van der Waals surface area contributed by atoms with Crippen molar-refractivity contribution < 1.29 is 0 Å². The fourth-order valence-corrected chi connectivity index (χ4v) is 2.14. The summed E-state index contributed by atoms with van der Waals surface area (Å²) in [5.74, 6) is 1.26. The lowest BCUT2D eigenvalue weighted by atomic mass is 10.1. The van der Waals surface area contributed by atoms with Crippen LogP contribution in [0.2, 0.25) is 0 Å². The van der Waals surface area contributed by atoms with Crippen molar-refractivity contribution in [2.75, 3.05) is 26.4 Å². The molecule has 100 valence electrons. The second kappa shape index (κ2) is 6.12. The van der Waals surface area contributed by atoms with Gasteiger partial charge in [0, 0.05) is 18.5 Å². The van der Waals surface area contributed by atoms with E-state index in [0.717, 1.165) is 34.5 Å². The third kappa shape index (κ3) is 3.52. The van der Waals surface area contributed by atoms with Gasteiger partial charge in [-0.1, -0.05) is 30.3 Å². The lowest BCUT2D eigenvalue weighted by molar-refractivity contribution is 0.409. The van der Waals surface area contributed by atoms with Crippen LogP contribution in [0, 0.1) is 0 Å². The molecule has 0 atom stereocenters. The first-order valence-electron chi connectivity index (χ1n) is 6.10. The van der Waals surface area contributed by atoms with Crippen LogP contribution in [0.15, 0.2) is 34.8 Å². The van der Waals surface area contributed by atoms with Crippen LogP contribution < -0.4 is 5.73 Å². The van der Waals surface area contributed by atoms with Gasteiger partial charge in [0.15, 0.2) is 0 Å². The summed E-state index contributed by atoms with van der Waals surface area (Å²) in [6.07, 6.45) is 0.782. The van der Waals surface area contributed by atoms with Gasteiger partial charge in [-0.05, 0) is 30.0 Å². The van der Waals surface area contributed by atoms with E-state index in [1.54, 1.807) is 0 Å². The minimum Gasteiger partial charge on any atom is -0.383 e. The molecule has 0 aliphatic carbocycles. The second-order valence-electron chi connectivity index (χ2n) is 4.61. The van der Waals surface area contributed by atoms with E-state index in [1.165, 1.54) is 0 Å². The van der Waals surface area contributed by atoms with Crippen LogP contribution in [0.5, 0.6) is 0 Å². The Hall–Kier alpha value is -1.46. The van der Waals surface area contributed by atoms with Gasteiger partial charge in [0.1, 0.15) is 11.6 Å². The molecule has 4 nitrogen and oxygen atoms in total. The number of nitrogens with zero attached hydrogens (tertiary/aromatic N) is 3. The van der Waals surface area contributed by atoms with Crippen molar-refractivity contribution in [1.29, 1.82) is 0 Å². The Morgan fingerprint density at radius 2 is 1.84 bits per heavy atom. The molecule has 0 fully saturated rings. The zero-order valence-electron chi connectivity index (χ0n) is 11.1. The fourth-order valence-electron chi connectivity index (χ4n) is 1.74. The highest BCUT2D eigenvalue weighted by Gasteiger charge is 2.11. The number of likely N-dealkylation sites (N-methyl/N-ethyl adjacent to an activating group) is 1. The molecule has 0 spiro atoms. The summed E-state index contributed by atoms with van der Waals surface area (Å²) in [4.78, 5) is 11.0. The number of benzene rings is 1. The molecule has 0 amide bonds. The van der Waals surface area contributed by atoms with Crippen molar-refractivity contribution in [3.05, 3.63) is 40.6 Å². The van der Waals surface area contributed by atoms with Crippen molar-refractivity contribution in [3.63, 3.8) is 0 Å². The highest BCUT2D eigenvalue weighted by atomic mass is 79.9. The molecule has 2 aromatic rings. The molecule has 0 bridgehead atoms. The maximum Gasteiger partial charge on any atom is 0.142 e. The molecule has 0 radical (unpaired) electrons. The third-order valence-corrected chi connectivity index (χ3v) is 3.53. The Labute approximate surface area is 121 Å². The van der Waals surface area contributed by atoms with Gasteiger partial charge in [-0.15, -0.1) is 0 Å². The van der Waals surface area contributed by atoms with Crippen molar-refractivity contribution in [3.8, 4) is 11.3 Å². The maximum absolute atomic E-state index is 5.95. The van der Waals surface area contributed by atoms with Crippen LogP contribution in [-0.4, -0.2) is 35.5 Å². The van der Waals surface area contributed by atoms with Crippen LogP contribution >= 0.6 is 15.9 Å². The molecule has 0 unspecified atom stereocenters. The smallest absolute Gasteiger partial charge is 0.142 e. The molecule has 1 heterocycles. The summed E-state index contributed by atoms with van der Waals surface area (Å²) < 4.78 is 0.757. The van der Waals surface area contributed by atoms with E-state index in [4.69, 9.17) is 5.73 Å². The number of nitrogens with two attached hydrogens (primary N) is 1. The number of anilines is 1. The average Bonchev–Trinajstić information content (AvgIpc) is 2.41. The number of halogens is 1. The van der Waals surface area contributed by atoms with E-state index in [2.05, 4.69) is 30.8 Å². The highest BCUT2D eigenvalue weighted by molar-refractivity contribution is 9.10. The Kier molecular flexibility index (Phi) is 4.50. The summed E-state index contributed by atoms with van der Waals surface area (Å²) in [6, 6.07) is 9.98. The fraction of sp³-hybridized carbons (Fsp3) is 0.286. The molecule has 0 aliphatic rings. The molecule has 0 saturated carbocycles. The van der Waals surface area contributed by atoms with E-state index in [0.29, 0.717) is 5.82 Å². The zero-order chi connectivity index (χ0) is 13.8.